The molecule has 0 N–H and O–H groups in total. The van der Waals surface area contributed by atoms with Gasteiger partial charge in [0, 0.05) is 0 Å². The molecule has 2 aromatic carbocycles. The molecule has 0 aromatic heterocycles. The number of carbonyl (C=O) groups is 1. The Bertz CT molecular complexity index is 990. The van der Waals surface area contributed by atoms with E-state index in [1.165, 1.54) is 33.3 Å². The van der Waals surface area contributed by atoms with Gasteiger partial charge in [0.1, 0.15) is 24.0 Å². The Balaban J connectivity index is 1.73. The van der Waals surface area contributed by atoms with Crippen LogP contribution >= 0.6 is 0 Å². The van der Waals surface area contributed by atoms with Gasteiger partial charge in [-0.1, -0.05) is 29.4 Å². The molecule has 170 valence electrons. The van der Waals surface area contributed by atoms with Gasteiger partial charge in [-0.3, -0.25) is 0 Å². The molecule has 0 radical (unpaired) electrons. The maximum absolute atomic E-state index is 12.2. The minimum absolute atomic E-state index is 0.248. The number of ether oxygens (including phenoxy) is 3. The first kappa shape index (κ1) is 23.4. The van der Waals surface area contributed by atoms with Gasteiger partial charge in [-0.2, -0.15) is 0 Å². The van der Waals surface area contributed by atoms with Crippen LogP contribution in [-0.4, -0.2) is 32.5 Å². The molecule has 3 rings (SSSR count). The Hall–Kier alpha value is -3.28. The van der Waals surface area contributed by atoms with E-state index >= 15 is 0 Å². The molecule has 0 heterocycles. The lowest BCUT2D eigenvalue weighted by Crippen LogP contribution is -2.08. The molecule has 0 bridgehead atoms. The molecule has 0 aliphatic heterocycles. The summed E-state index contributed by atoms with van der Waals surface area (Å²) in [6, 6.07) is 11.6. The number of methoxy groups -OCH3 is 2. The summed E-state index contributed by atoms with van der Waals surface area (Å²) in [4.78, 5) is 17.8. The van der Waals surface area contributed by atoms with Gasteiger partial charge in [-0.25, -0.2) is 4.79 Å². The zero-order valence-corrected chi connectivity index (χ0v) is 19.2. The Morgan fingerprint density at radius 2 is 1.84 bits per heavy atom. The van der Waals surface area contributed by atoms with Gasteiger partial charge in [0.25, 0.3) is 0 Å². The molecular formula is C26H31NO5. The molecule has 1 aliphatic rings. The highest BCUT2D eigenvalue weighted by Crippen LogP contribution is 2.26. The second kappa shape index (κ2) is 11.4. The zero-order valence-electron chi connectivity index (χ0n) is 19.2. The molecule has 2 aromatic rings. The van der Waals surface area contributed by atoms with Crippen LogP contribution in [0.2, 0.25) is 0 Å². The SMILES string of the molecule is CO/C=C(\C(=O)OC)c1ccccc1COc1cc(C)c(/C=N/OC2CCCC2)cc1C. The maximum atomic E-state index is 12.2. The summed E-state index contributed by atoms with van der Waals surface area (Å²) in [5.41, 5.74) is 4.96. The first-order valence-electron chi connectivity index (χ1n) is 10.9. The van der Waals surface area contributed by atoms with E-state index in [0.29, 0.717) is 17.7 Å². The Morgan fingerprint density at radius 3 is 2.56 bits per heavy atom. The van der Waals surface area contributed by atoms with Crippen molar-refractivity contribution in [1.29, 1.82) is 0 Å². The fourth-order valence-electron chi connectivity index (χ4n) is 3.79. The third-order valence-corrected chi connectivity index (χ3v) is 5.60. The Kier molecular flexibility index (Phi) is 8.31. The van der Waals surface area contributed by atoms with Crippen molar-refractivity contribution in [3.05, 3.63) is 70.5 Å². The molecular weight excluding hydrogens is 406 g/mol. The second-order valence-electron chi connectivity index (χ2n) is 7.93. The summed E-state index contributed by atoms with van der Waals surface area (Å²) in [6.45, 7) is 4.32. The molecule has 32 heavy (non-hydrogen) atoms. The number of carbonyl (C=O) groups excluding carboxylic acids is 1. The highest BCUT2D eigenvalue weighted by molar-refractivity contribution is 6.16. The molecule has 6 nitrogen and oxygen atoms in total. The number of nitrogens with zero attached hydrogens (tertiary/aromatic N) is 1. The van der Waals surface area contributed by atoms with Gasteiger partial charge < -0.3 is 19.0 Å². The number of oxime groups is 1. The van der Waals surface area contributed by atoms with E-state index in [1.54, 1.807) is 6.21 Å². The number of hydrogen-bond donors (Lipinski definition) is 0. The number of benzene rings is 2. The van der Waals surface area contributed by atoms with Crippen molar-refractivity contribution < 1.29 is 23.8 Å². The molecule has 1 aliphatic carbocycles. The Morgan fingerprint density at radius 1 is 1.09 bits per heavy atom. The number of rotatable bonds is 9. The summed E-state index contributed by atoms with van der Waals surface area (Å²) < 4.78 is 16.1. The summed E-state index contributed by atoms with van der Waals surface area (Å²) in [7, 11) is 2.85. The summed E-state index contributed by atoms with van der Waals surface area (Å²) in [5.74, 6) is 0.316. The average molecular weight is 438 g/mol. The molecule has 1 saturated carbocycles. The molecule has 0 atom stereocenters. The summed E-state index contributed by atoms with van der Waals surface area (Å²) >= 11 is 0. The van der Waals surface area contributed by atoms with Crippen molar-refractivity contribution in [2.75, 3.05) is 14.2 Å². The van der Waals surface area contributed by atoms with E-state index in [4.69, 9.17) is 19.0 Å². The van der Waals surface area contributed by atoms with Crippen LogP contribution in [0.4, 0.5) is 0 Å². The van der Waals surface area contributed by atoms with Crippen LogP contribution in [0.3, 0.4) is 0 Å². The monoisotopic (exact) mass is 437 g/mol. The van der Waals surface area contributed by atoms with E-state index in [-0.39, 0.29) is 6.10 Å². The topological polar surface area (TPSA) is 66.4 Å². The van der Waals surface area contributed by atoms with Gasteiger partial charge in [-0.15, -0.1) is 0 Å². The highest BCUT2D eigenvalue weighted by atomic mass is 16.6. The summed E-state index contributed by atoms with van der Waals surface area (Å²) in [6.07, 6.45) is 8.02. The van der Waals surface area contributed by atoms with Crippen LogP contribution in [0.5, 0.6) is 5.75 Å². The van der Waals surface area contributed by atoms with Crippen molar-refractivity contribution in [3.63, 3.8) is 0 Å². The van der Waals surface area contributed by atoms with Gasteiger partial charge in [0.15, 0.2) is 0 Å². The van der Waals surface area contributed by atoms with Crippen LogP contribution in [0.15, 0.2) is 47.8 Å². The lowest BCUT2D eigenvalue weighted by Gasteiger charge is -2.15. The minimum Gasteiger partial charge on any atom is -0.503 e. The lowest BCUT2D eigenvalue weighted by atomic mass is 10.0. The van der Waals surface area contributed by atoms with Crippen molar-refractivity contribution in [1.82, 2.24) is 0 Å². The van der Waals surface area contributed by atoms with Gasteiger partial charge >= 0.3 is 5.97 Å². The van der Waals surface area contributed by atoms with E-state index in [9.17, 15) is 4.79 Å². The van der Waals surface area contributed by atoms with E-state index in [2.05, 4.69) is 5.16 Å². The predicted molar refractivity (Wildman–Crippen MR) is 125 cm³/mol. The van der Waals surface area contributed by atoms with Crippen molar-refractivity contribution in [2.45, 2.75) is 52.2 Å². The molecule has 0 unspecified atom stereocenters. The predicted octanol–water partition coefficient (Wildman–Crippen LogP) is 5.34. The molecule has 0 spiro atoms. The molecule has 1 fully saturated rings. The van der Waals surface area contributed by atoms with Crippen LogP contribution in [0.25, 0.3) is 5.57 Å². The average Bonchev–Trinajstić information content (AvgIpc) is 3.32. The third-order valence-electron chi connectivity index (χ3n) is 5.60. The van der Waals surface area contributed by atoms with Crippen LogP contribution < -0.4 is 4.74 Å². The lowest BCUT2D eigenvalue weighted by molar-refractivity contribution is -0.133. The fraction of sp³-hybridized carbons (Fsp3) is 0.385. The number of aryl methyl sites for hydroxylation is 2. The highest BCUT2D eigenvalue weighted by Gasteiger charge is 2.18. The zero-order chi connectivity index (χ0) is 22.9. The van der Waals surface area contributed by atoms with Crippen LogP contribution in [-0.2, 0) is 25.7 Å². The van der Waals surface area contributed by atoms with Gasteiger partial charge in [-0.05, 0) is 79.5 Å². The van der Waals surface area contributed by atoms with Crippen molar-refractivity contribution >= 4 is 17.8 Å². The number of hydrogen-bond acceptors (Lipinski definition) is 6. The smallest absolute Gasteiger partial charge is 0.341 e. The van der Waals surface area contributed by atoms with Gasteiger partial charge in [0.05, 0.1) is 26.7 Å². The maximum Gasteiger partial charge on any atom is 0.341 e. The molecule has 0 saturated heterocycles. The first-order valence-corrected chi connectivity index (χ1v) is 10.9. The Labute approximate surface area is 189 Å². The van der Waals surface area contributed by atoms with Crippen molar-refractivity contribution in [2.24, 2.45) is 5.16 Å². The van der Waals surface area contributed by atoms with Gasteiger partial charge in [0.2, 0.25) is 0 Å². The fourth-order valence-corrected chi connectivity index (χ4v) is 3.79. The largest absolute Gasteiger partial charge is 0.503 e. The third kappa shape index (κ3) is 5.90. The van der Waals surface area contributed by atoms with Crippen LogP contribution in [0.1, 0.15) is 53.5 Å². The summed E-state index contributed by atoms with van der Waals surface area (Å²) in [5, 5.41) is 4.19. The van der Waals surface area contributed by atoms with E-state index < -0.39 is 5.97 Å². The van der Waals surface area contributed by atoms with E-state index in [0.717, 1.165) is 40.8 Å². The quantitative estimate of drug-likeness (QED) is 0.174. The molecule has 0 amide bonds. The number of esters is 1. The standard InChI is InChI=1S/C26H31NO5/c1-18-14-25(19(2)13-21(18)15-27-32-22-10-6-7-11-22)31-16-20-9-5-8-12-23(20)24(17-29-3)26(28)30-4/h5,8-9,12-15,17,22H,6-7,10-11,16H2,1-4H3/b24-17-,27-15+. The van der Waals surface area contributed by atoms with Crippen molar-refractivity contribution in [3.8, 4) is 5.75 Å². The molecule has 6 heteroatoms. The minimum atomic E-state index is -0.463. The van der Waals surface area contributed by atoms with E-state index in [1.807, 2.05) is 50.2 Å². The second-order valence-corrected chi connectivity index (χ2v) is 7.93. The first-order chi connectivity index (χ1) is 15.5. The van der Waals surface area contributed by atoms with Crippen LogP contribution in [0, 0.1) is 13.8 Å². The normalized spacial score (nSPS) is 14.6.